The second-order valence-electron chi connectivity index (χ2n) is 2.57. The Morgan fingerprint density at radius 3 is 2.54 bits per heavy atom. The molecule has 0 fully saturated rings. The number of hydrogen-bond donors (Lipinski definition) is 1. The van der Waals surface area contributed by atoms with Gasteiger partial charge < -0.3 is 5.32 Å². The number of halogens is 2. The van der Waals surface area contributed by atoms with Gasteiger partial charge in [-0.25, -0.2) is 0 Å². The maximum absolute atomic E-state index is 11.3. The number of anilines is 1. The molecule has 0 radical (unpaired) electrons. The summed E-state index contributed by atoms with van der Waals surface area (Å²) in [6.45, 7) is 0. The molecule has 0 aromatic heterocycles. The molecule has 0 spiro atoms. The second-order valence-corrected chi connectivity index (χ2v) is 4.21. The standard InChI is InChI=1S/C8H3Br2NO2/c9-3-1-2-4-5(6(3)10)7(12)8(13)11-4/h1-2H,(H,11,12,13). The quantitative estimate of drug-likeness (QED) is 0.748. The molecule has 0 bridgehead atoms. The molecular formula is C8H3Br2NO2. The summed E-state index contributed by atoms with van der Waals surface area (Å²) in [6, 6.07) is 3.45. The van der Waals surface area contributed by atoms with Gasteiger partial charge in [0.15, 0.2) is 0 Å². The highest BCUT2D eigenvalue weighted by Gasteiger charge is 2.30. The highest BCUT2D eigenvalue weighted by molar-refractivity contribution is 9.13. The zero-order valence-electron chi connectivity index (χ0n) is 6.23. The lowest BCUT2D eigenvalue weighted by molar-refractivity contribution is -0.112. The third kappa shape index (κ3) is 1.23. The van der Waals surface area contributed by atoms with E-state index in [1.54, 1.807) is 12.1 Å². The van der Waals surface area contributed by atoms with Crippen molar-refractivity contribution in [1.82, 2.24) is 0 Å². The maximum Gasteiger partial charge on any atom is 0.296 e. The Balaban J connectivity index is 2.73. The van der Waals surface area contributed by atoms with Crippen molar-refractivity contribution in [3.05, 3.63) is 26.6 Å². The minimum Gasteiger partial charge on any atom is -0.318 e. The van der Waals surface area contributed by atoms with Crippen LogP contribution in [0, 0.1) is 0 Å². The topological polar surface area (TPSA) is 46.2 Å². The van der Waals surface area contributed by atoms with E-state index in [-0.39, 0.29) is 0 Å². The van der Waals surface area contributed by atoms with E-state index in [2.05, 4.69) is 37.2 Å². The van der Waals surface area contributed by atoms with Gasteiger partial charge in [0, 0.05) is 8.95 Å². The molecule has 5 heteroatoms. The molecule has 1 aromatic rings. The predicted molar refractivity (Wildman–Crippen MR) is 54.8 cm³/mol. The summed E-state index contributed by atoms with van der Waals surface area (Å²) in [4.78, 5) is 22.3. The molecule has 0 atom stereocenters. The number of Topliss-reactive ketones (excluding diaryl/α,β-unsaturated/α-hetero) is 1. The summed E-state index contributed by atoms with van der Waals surface area (Å²) >= 11 is 6.50. The van der Waals surface area contributed by atoms with Gasteiger partial charge in [-0.3, -0.25) is 9.59 Å². The van der Waals surface area contributed by atoms with Crippen LogP contribution in [-0.4, -0.2) is 11.7 Å². The first-order valence-corrected chi connectivity index (χ1v) is 5.03. The van der Waals surface area contributed by atoms with E-state index in [0.29, 0.717) is 15.7 Å². The van der Waals surface area contributed by atoms with E-state index in [4.69, 9.17) is 0 Å². The largest absolute Gasteiger partial charge is 0.318 e. The van der Waals surface area contributed by atoms with Gasteiger partial charge in [0.2, 0.25) is 0 Å². The number of nitrogens with one attached hydrogen (secondary N) is 1. The van der Waals surface area contributed by atoms with E-state index in [0.717, 1.165) is 4.47 Å². The molecule has 0 aliphatic carbocycles. The van der Waals surface area contributed by atoms with Crippen molar-refractivity contribution in [3.8, 4) is 0 Å². The lowest BCUT2D eigenvalue weighted by Gasteiger charge is -2.00. The normalized spacial score (nSPS) is 14.3. The molecule has 1 aromatic carbocycles. The Kier molecular flexibility index (Phi) is 2.00. The van der Waals surface area contributed by atoms with Crippen LogP contribution in [0.25, 0.3) is 0 Å². The summed E-state index contributed by atoms with van der Waals surface area (Å²) in [5, 5.41) is 2.48. The van der Waals surface area contributed by atoms with Gasteiger partial charge in [-0.1, -0.05) is 0 Å². The van der Waals surface area contributed by atoms with Gasteiger partial charge in [-0.2, -0.15) is 0 Å². The van der Waals surface area contributed by atoms with Gasteiger partial charge in [-0.15, -0.1) is 0 Å². The Bertz CT molecular complexity index is 428. The lowest BCUT2D eigenvalue weighted by atomic mass is 10.1. The lowest BCUT2D eigenvalue weighted by Crippen LogP contribution is -2.12. The fourth-order valence-electron chi connectivity index (χ4n) is 1.17. The van der Waals surface area contributed by atoms with Crippen LogP contribution in [-0.2, 0) is 4.79 Å². The number of amides is 1. The Morgan fingerprint density at radius 1 is 1.15 bits per heavy atom. The molecule has 0 saturated carbocycles. The van der Waals surface area contributed by atoms with Crippen LogP contribution >= 0.6 is 31.9 Å². The first-order valence-electron chi connectivity index (χ1n) is 3.45. The van der Waals surface area contributed by atoms with Crippen molar-refractivity contribution in [2.45, 2.75) is 0 Å². The zero-order chi connectivity index (χ0) is 9.59. The smallest absolute Gasteiger partial charge is 0.296 e. The van der Waals surface area contributed by atoms with Gasteiger partial charge in [-0.05, 0) is 44.0 Å². The van der Waals surface area contributed by atoms with Gasteiger partial charge in [0.05, 0.1) is 11.3 Å². The average molecular weight is 305 g/mol. The molecule has 13 heavy (non-hydrogen) atoms. The summed E-state index contributed by atoms with van der Waals surface area (Å²) < 4.78 is 1.38. The molecule has 1 N–H and O–H groups in total. The first-order chi connectivity index (χ1) is 6.11. The fraction of sp³-hybridized carbons (Fsp3) is 0. The molecule has 1 amide bonds. The number of rotatable bonds is 0. The Morgan fingerprint density at radius 2 is 1.85 bits per heavy atom. The number of hydrogen-bond acceptors (Lipinski definition) is 2. The summed E-state index contributed by atoms with van der Waals surface area (Å²) in [6.07, 6.45) is 0. The fourth-order valence-corrected chi connectivity index (χ4v) is 2.03. The minimum atomic E-state index is -0.575. The highest BCUT2D eigenvalue weighted by Crippen LogP contribution is 2.35. The summed E-state index contributed by atoms with van der Waals surface area (Å²) in [5.74, 6) is -1.07. The van der Waals surface area contributed by atoms with E-state index in [9.17, 15) is 9.59 Å². The molecule has 2 rings (SSSR count). The van der Waals surface area contributed by atoms with Gasteiger partial charge >= 0.3 is 0 Å². The van der Waals surface area contributed by atoms with Gasteiger partial charge in [0.1, 0.15) is 0 Å². The number of benzene rings is 1. The predicted octanol–water partition coefficient (Wildman–Crippen LogP) is 2.35. The van der Waals surface area contributed by atoms with Crippen LogP contribution in [0.5, 0.6) is 0 Å². The minimum absolute atomic E-state index is 0.402. The van der Waals surface area contributed by atoms with Crippen molar-refractivity contribution >= 4 is 49.2 Å². The SMILES string of the molecule is O=C1Nc2ccc(Br)c(Br)c2C1=O. The van der Waals surface area contributed by atoms with Gasteiger partial charge in [0.25, 0.3) is 11.7 Å². The molecule has 0 unspecified atom stereocenters. The third-order valence-corrected chi connectivity index (χ3v) is 3.79. The molecule has 1 aliphatic rings. The zero-order valence-corrected chi connectivity index (χ0v) is 9.40. The molecule has 1 aliphatic heterocycles. The van der Waals surface area contributed by atoms with Crippen LogP contribution in [0.1, 0.15) is 10.4 Å². The van der Waals surface area contributed by atoms with Crippen LogP contribution in [0.15, 0.2) is 21.1 Å². The maximum atomic E-state index is 11.3. The van der Waals surface area contributed by atoms with E-state index in [1.807, 2.05) is 0 Å². The van der Waals surface area contributed by atoms with E-state index < -0.39 is 11.7 Å². The average Bonchev–Trinajstić information content (AvgIpc) is 2.37. The molecule has 3 nitrogen and oxygen atoms in total. The van der Waals surface area contributed by atoms with E-state index >= 15 is 0 Å². The highest BCUT2D eigenvalue weighted by atomic mass is 79.9. The number of ketones is 1. The molecule has 1 heterocycles. The van der Waals surface area contributed by atoms with Crippen LogP contribution < -0.4 is 5.32 Å². The second kappa shape index (κ2) is 2.92. The van der Waals surface area contributed by atoms with Crippen molar-refractivity contribution in [2.75, 3.05) is 5.32 Å². The Hall–Kier alpha value is -0.680. The monoisotopic (exact) mass is 303 g/mol. The number of carbonyl (C=O) groups excluding carboxylic acids is 2. The van der Waals surface area contributed by atoms with Crippen molar-refractivity contribution in [1.29, 1.82) is 0 Å². The first kappa shape index (κ1) is 8.90. The summed E-state index contributed by atoms with van der Waals surface area (Å²) in [7, 11) is 0. The Labute approximate surface area is 90.8 Å². The molecule has 0 saturated heterocycles. The summed E-state index contributed by atoms with van der Waals surface area (Å²) in [5.41, 5.74) is 0.962. The third-order valence-electron chi connectivity index (χ3n) is 1.78. The van der Waals surface area contributed by atoms with Crippen molar-refractivity contribution < 1.29 is 9.59 Å². The van der Waals surface area contributed by atoms with E-state index in [1.165, 1.54) is 0 Å². The van der Waals surface area contributed by atoms with Crippen LogP contribution in [0.2, 0.25) is 0 Å². The van der Waals surface area contributed by atoms with Crippen LogP contribution in [0.4, 0.5) is 5.69 Å². The van der Waals surface area contributed by atoms with Crippen LogP contribution in [0.3, 0.4) is 0 Å². The number of fused-ring (bicyclic) bond motifs is 1. The molecule has 66 valence electrons. The molecular weight excluding hydrogens is 302 g/mol. The van der Waals surface area contributed by atoms with Crippen molar-refractivity contribution in [2.24, 2.45) is 0 Å². The number of carbonyl (C=O) groups is 2. The van der Waals surface area contributed by atoms with Crippen molar-refractivity contribution in [3.63, 3.8) is 0 Å².